The summed E-state index contributed by atoms with van der Waals surface area (Å²) in [4.78, 5) is 2.54. The van der Waals surface area contributed by atoms with Crippen molar-refractivity contribution in [2.24, 2.45) is 0 Å². The third kappa shape index (κ3) is 2.35. The summed E-state index contributed by atoms with van der Waals surface area (Å²) in [5.74, 6) is 0. The van der Waals surface area contributed by atoms with Crippen molar-refractivity contribution in [3.63, 3.8) is 0 Å². The molecule has 3 rings (SSSR count). The predicted molar refractivity (Wildman–Crippen MR) is 77.3 cm³/mol. The fourth-order valence-corrected chi connectivity index (χ4v) is 2.88. The minimum Gasteiger partial charge on any atom is -0.372 e. The Kier molecular flexibility index (Phi) is 3.22. The Hall–Kier alpha value is -1.50. The van der Waals surface area contributed by atoms with Gasteiger partial charge in [0, 0.05) is 18.8 Å². The molecular weight excluding hydrogens is 218 g/mol. The monoisotopic (exact) mass is 239 g/mol. The van der Waals surface area contributed by atoms with Crippen molar-refractivity contribution in [1.29, 1.82) is 0 Å². The molecule has 0 aromatic heterocycles. The molecule has 1 nitrogen and oxygen atoms in total. The highest BCUT2D eigenvalue weighted by molar-refractivity contribution is 5.69. The molecule has 1 heterocycles. The van der Waals surface area contributed by atoms with Crippen LogP contribution in [0.15, 0.2) is 42.1 Å². The van der Waals surface area contributed by atoms with Crippen LogP contribution in [-0.2, 0) is 0 Å². The number of allylic oxidation sites excluding steroid dienone is 3. The Morgan fingerprint density at radius 2 is 1.72 bits per heavy atom. The molecule has 18 heavy (non-hydrogen) atoms. The van der Waals surface area contributed by atoms with Crippen LogP contribution in [0.25, 0.3) is 5.57 Å². The van der Waals surface area contributed by atoms with Crippen molar-refractivity contribution in [2.45, 2.75) is 32.6 Å². The van der Waals surface area contributed by atoms with E-state index in [2.05, 4.69) is 48.2 Å². The van der Waals surface area contributed by atoms with Crippen molar-refractivity contribution in [1.82, 2.24) is 4.90 Å². The maximum atomic E-state index is 2.54. The number of aryl methyl sites for hydroxylation is 1. The predicted octanol–water partition coefficient (Wildman–Crippen LogP) is 4.15. The second kappa shape index (κ2) is 5.01. The first-order chi connectivity index (χ1) is 8.83. The summed E-state index contributed by atoms with van der Waals surface area (Å²) in [5.41, 5.74) is 5.68. The third-order valence-corrected chi connectivity index (χ3v) is 3.98. The summed E-state index contributed by atoms with van der Waals surface area (Å²) < 4.78 is 0. The van der Waals surface area contributed by atoms with Crippen LogP contribution >= 0.6 is 0 Å². The first-order valence-electron chi connectivity index (χ1n) is 7.06. The summed E-state index contributed by atoms with van der Waals surface area (Å²) in [6, 6.07) is 8.94. The van der Waals surface area contributed by atoms with Crippen LogP contribution in [0.5, 0.6) is 0 Å². The Bertz CT molecular complexity index is 473. The zero-order chi connectivity index (χ0) is 12.4. The van der Waals surface area contributed by atoms with Crippen LogP contribution in [0.2, 0.25) is 0 Å². The molecule has 1 aliphatic carbocycles. The number of benzene rings is 1. The van der Waals surface area contributed by atoms with Crippen LogP contribution in [-0.4, -0.2) is 18.0 Å². The van der Waals surface area contributed by atoms with E-state index in [4.69, 9.17) is 0 Å². The maximum Gasteiger partial charge on any atom is 0.0328 e. The van der Waals surface area contributed by atoms with Gasteiger partial charge in [0.05, 0.1) is 0 Å². The summed E-state index contributed by atoms with van der Waals surface area (Å²) in [7, 11) is 0. The first-order valence-corrected chi connectivity index (χ1v) is 7.06. The lowest BCUT2D eigenvalue weighted by Gasteiger charge is -2.23. The minimum atomic E-state index is 1.18. The molecule has 0 bridgehead atoms. The molecule has 1 fully saturated rings. The smallest absolute Gasteiger partial charge is 0.0328 e. The molecule has 0 saturated carbocycles. The van der Waals surface area contributed by atoms with Crippen LogP contribution < -0.4 is 0 Å². The molecule has 1 aromatic rings. The van der Waals surface area contributed by atoms with Gasteiger partial charge in [-0.25, -0.2) is 0 Å². The van der Waals surface area contributed by atoms with E-state index in [1.807, 2.05) is 0 Å². The molecule has 1 aliphatic heterocycles. The van der Waals surface area contributed by atoms with Crippen molar-refractivity contribution in [3.8, 4) is 0 Å². The second-order valence-corrected chi connectivity index (χ2v) is 5.40. The topological polar surface area (TPSA) is 3.24 Å². The van der Waals surface area contributed by atoms with Gasteiger partial charge in [0.1, 0.15) is 0 Å². The van der Waals surface area contributed by atoms with Crippen LogP contribution in [0, 0.1) is 6.92 Å². The molecule has 2 aliphatic rings. The van der Waals surface area contributed by atoms with E-state index in [1.54, 1.807) is 0 Å². The number of likely N-dealkylation sites (tertiary alicyclic amines) is 1. The van der Waals surface area contributed by atoms with E-state index in [1.165, 1.54) is 61.2 Å². The van der Waals surface area contributed by atoms with Crippen LogP contribution in [0.3, 0.4) is 0 Å². The average Bonchev–Trinajstić information content (AvgIpc) is 2.94. The van der Waals surface area contributed by atoms with E-state index < -0.39 is 0 Å². The fraction of sp³-hybridized carbons (Fsp3) is 0.412. The SMILES string of the molecule is Cc1ccc(C2=CC(N3CCCC3)=CCC2)cc1. The zero-order valence-corrected chi connectivity index (χ0v) is 11.2. The van der Waals surface area contributed by atoms with E-state index in [0.717, 1.165) is 0 Å². The Morgan fingerprint density at radius 1 is 1.00 bits per heavy atom. The Morgan fingerprint density at radius 3 is 2.44 bits per heavy atom. The van der Waals surface area contributed by atoms with E-state index in [-0.39, 0.29) is 0 Å². The average molecular weight is 239 g/mol. The second-order valence-electron chi connectivity index (χ2n) is 5.40. The Labute approximate surface area is 110 Å². The van der Waals surface area contributed by atoms with Crippen molar-refractivity contribution < 1.29 is 0 Å². The normalized spacial score (nSPS) is 19.7. The lowest BCUT2D eigenvalue weighted by molar-refractivity contribution is 0.437. The molecule has 0 radical (unpaired) electrons. The quantitative estimate of drug-likeness (QED) is 0.749. The summed E-state index contributed by atoms with van der Waals surface area (Å²) in [6.07, 6.45) is 9.88. The molecule has 0 unspecified atom stereocenters. The molecule has 1 heteroatoms. The number of hydrogen-bond acceptors (Lipinski definition) is 1. The highest BCUT2D eigenvalue weighted by atomic mass is 15.1. The molecule has 1 saturated heterocycles. The third-order valence-electron chi connectivity index (χ3n) is 3.98. The number of nitrogens with zero attached hydrogens (tertiary/aromatic N) is 1. The van der Waals surface area contributed by atoms with Crippen LogP contribution in [0.4, 0.5) is 0 Å². The molecule has 94 valence electrons. The van der Waals surface area contributed by atoms with Gasteiger partial charge in [-0.2, -0.15) is 0 Å². The van der Waals surface area contributed by atoms with Gasteiger partial charge in [0.2, 0.25) is 0 Å². The standard InChI is InChI=1S/C17H21N/c1-14-7-9-15(10-8-14)16-5-4-6-17(13-16)18-11-2-3-12-18/h6-10,13H,2-5,11-12H2,1H3. The van der Waals surface area contributed by atoms with Gasteiger partial charge in [0.25, 0.3) is 0 Å². The zero-order valence-electron chi connectivity index (χ0n) is 11.2. The van der Waals surface area contributed by atoms with Gasteiger partial charge in [-0.1, -0.05) is 35.9 Å². The van der Waals surface area contributed by atoms with Gasteiger partial charge in [-0.15, -0.1) is 0 Å². The van der Waals surface area contributed by atoms with Gasteiger partial charge in [-0.3, -0.25) is 0 Å². The summed E-state index contributed by atoms with van der Waals surface area (Å²) in [5, 5.41) is 0. The van der Waals surface area contributed by atoms with Gasteiger partial charge >= 0.3 is 0 Å². The highest BCUT2D eigenvalue weighted by Crippen LogP contribution is 2.29. The summed E-state index contributed by atoms with van der Waals surface area (Å²) >= 11 is 0. The number of rotatable bonds is 2. The van der Waals surface area contributed by atoms with E-state index in [9.17, 15) is 0 Å². The molecular formula is C17H21N. The van der Waals surface area contributed by atoms with Crippen molar-refractivity contribution >= 4 is 5.57 Å². The fourth-order valence-electron chi connectivity index (χ4n) is 2.88. The molecule has 0 N–H and O–H groups in total. The van der Waals surface area contributed by atoms with Crippen molar-refractivity contribution in [3.05, 3.63) is 53.2 Å². The summed E-state index contributed by atoms with van der Waals surface area (Å²) in [6.45, 7) is 4.63. The lowest BCUT2D eigenvalue weighted by Crippen LogP contribution is -2.18. The molecule has 0 atom stereocenters. The first kappa shape index (κ1) is 11.6. The molecule has 0 amide bonds. The minimum absolute atomic E-state index is 1.18. The van der Waals surface area contributed by atoms with Crippen molar-refractivity contribution in [2.75, 3.05) is 13.1 Å². The highest BCUT2D eigenvalue weighted by Gasteiger charge is 2.16. The van der Waals surface area contributed by atoms with E-state index in [0.29, 0.717) is 0 Å². The van der Waals surface area contributed by atoms with E-state index >= 15 is 0 Å². The largest absolute Gasteiger partial charge is 0.372 e. The molecule has 0 spiro atoms. The Balaban J connectivity index is 1.84. The van der Waals surface area contributed by atoms with Gasteiger partial charge in [-0.05, 0) is 49.8 Å². The maximum absolute atomic E-state index is 2.54. The van der Waals surface area contributed by atoms with Gasteiger partial charge < -0.3 is 4.90 Å². The van der Waals surface area contributed by atoms with Gasteiger partial charge in [0.15, 0.2) is 0 Å². The number of hydrogen-bond donors (Lipinski definition) is 0. The van der Waals surface area contributed by atoms with Crippen LogP contribution in [0.1, 0.15) is 36.8 Å². The molecule has 1 aromatic carbocycles. The lowest BCUT2D eigenvalue weighted by atomic mass is 9.95.